The summed E-state index contributed by atoms with van der Waals surface area (Å²) in [7, 11) is -4.26. The molecule has 30 heavy (non-hydrogen) atoms. The van der Waals surface area contributed by atoms with Crippen molar-refractivity contribution in [2.24, 2.45) is 0 Å². The molecule has 0 radical (unpaired) electrons. The minimum absolute atomic E-state index is 0.0692. The van der Waals surface area contributed by atoms with Gasteiger partial charge in [0.1, 0.15) is 16.5 Å². The van der Waals surface area contributed by atoms with E-state index in [1.54, 1.807) is 28.8 Å². The largest absolute Gasteiger partial charge is 0.341 e. The number of nitrogens with zero attached hydrogens (tertiary/aromatic N) is 1. The van der Waals surface area contributed by atoms with Gasteiger partial charge in [-0.25, -0.2) is 17.2 Å². The predicted octanol–water partition coefficient (Wildman–Crippen LogP) is 4.81. The van der Waals surface area contributed by atoms with Gasteiger partial charge in [-0.2, -0.15) is 0 Å². The van der Waals surface area contributed by atoms with E-state index >= 15 is 0 Å². The lowest BCUT2D eigenvalue weighted by atomic mass is 10.1. The van der Waals surface area contributed by atoms with Gasteiger partial charge in [0, 0.05) is 23.2 Å². The summed E-state index contributed by atoms with van der Waals surface area (Å²) in [6, 6.07) is 14.8. The fourth-order valence-corrected chi connectivity index (χ4v) is 4.82. The number of hydrogen-bond acceptors (Lipinski definition) is 3. The second kappa shape index (κ2) is 7.66. The third-order valence-electron chi connectivity index (χ3n) is 4.66. The molecule has 0 atom stereocenters. The number of halogens is 3. The highest BCUT2D eigenvalue weighted by Gasteiger charge is 2.24. The molecule has 1 aromatic heterocycles. The summed E-state index contributed by atoms with van der Waals surface area (Å²) in [5.74, 6) is -1.27. The maximum Gasteiger partial charge on any atom is 0.211 e. The number of fused-ring (bicyclic) bond motifs is 1. The van der Waals surface area contributed by atoms with Gasteiger partial charge in [0.2, 0.25) is 15.3 Å². The smallest absolute Gasteiger partial charge is 0.211 e. The molecule has 0 bridgehead atoms. The van der Waals surface area contributed by atoms with Crippen LogP contribution in [0.4, 0.5) is 8.78 Å². The molecule has 0 amide bonds. The Bertz CT molecular complexity index is 1430. The summed E-state index contributed by atoms with van der Waals surface area (Å²) in [5.41, 5.74) is 0.317. The normalized spacial score (nSPS) is 11.7. The van der Waals surface area contributed by atoms with E-state index < -0.39 is 31.8 Å². The van der Waals surface area contributed by atoms with Crippen molar-refractivity contribution in [1.29, 1.82) is 0 Å². The van der Waals surface area contributed by atoms with Crippen molar-refractivity contribution < 1.29 is 17.2 Å². The molecule has 8 heteroatoms. The highest BCUT2D eigenvalue weighted by atomic mass is 35.5. The molecule has 0 saturated carbocycles. The third-order valence-corrected chi connectivity index (χ3v) is 6.66. The summed E-state index contributed by atoms with van der Waals surface area (Å²) < 4.78 is 54.9. The van der Waals surface area contributed by atoms with Crippen molar-refractivity contribution in [1.82, 2.24) is 4.57 Å². The topological polar surface area (TPSA) is 56.1 Å². The first kappa shape index (κ1) is 20.3. The van der Waals surface area contributed by atoms with E-state index in [1.807, 2.05) is 0 Å². The molecule has 152 valence electrons. The van der Waals surface area contributed by atoms with Crippen LogP contribution >= 0.6 is 11.6 Å². The maximum atomic E-state index is 13.9. The molecule has 0 unspecified atom stereocenters. The van der Waals surface area contributed by atoms with Gasteiger partial charge in [-0.1, -0.05) is 23.7 Å². The molecule has 0 aliphatic carbocycles. The van der Waals surface area contributed by atoms with Gasteiger partial charge in [0.25, 0.3) is 0 Å². The highest BCUT2D eigenvalue weighted by molar-refractivity contribution is 7.91. The van der Waals surface area contributed by atoms with Gasteiger partial charge < -0.3 is 4.57 Å². The fourth-order valence-electron chi connectivity index (χ4n) is 3.24. The Kier molecular flexibility index (Phi) is 5.17. The Morgan fingerprint density at radius 2 is 1.60 bits per heavy atom. The van der Waals surface area contributed by atoms with Crippen LogP contribution in [0, 0.1) is 11.6 Å². The first-order valence-corrected chi connectivity index (χ1v) is 10.7. The van der Waals surface area contributed by atoms with Crippen molar-refractivity contribution in [3.8, 4) is 0 Å². The van der Waals surface area contributed by atoms with E-state index in [2.05, 4.69) is 0 Å². The fraction of sp³-hybridized carbons (Fsp3) is 0.0455. The van der Waals surface area contributed by atoms with Crippen molar-refractivity contribution in [2.45, 2.75) is 16.3 Å². The van der Waals surface area contributed by atoms with Gasteiger partial charge in [0.05, 0.1) is 10.4 Å². The van der Waals surface area contributed by atoms with Crippen molar-refractivity contribution in [3.05, 3.63) is 105 Å². The molecule has 0 N–H and O–H groups in total. The molecule has 4 aromatic rings. The Balaban J connectivity index is 1.97. The van der Waals surface area contributed by atoms with Crippen molar-refractivity contribution in [2.75, 3.05) is 0 Å². The molecule has 0 aliphatic rings. The van der Waals surface area contributed by atoms with Crippen LogP contribution in [0.3, 0.4) is 0 Å². The second-order valence-corrected chi connectivity index (χ2v) is 9.05. The second-order valence-electron chi connectivity index (χ2n) is 6.70. The van der Waals surface area contributed by atoms with Crippen LogP contribution < -0.4 is 5.43 Å². The maximum absolute atomic E-state index is 13.9. The van der Waals surface area contributed by atoms with Gasteiger partial charge in [0.15, 0.2) is 0 Å². The minimum Gasteiger partial charge on any atom is -0.341 e. The molecule has 4 rings (SSSR count). The molecular formula is C22H14ClF2NO3S. The van der Waals surface area contributed by atoms with Crippen LogP contribution in [0.25, 0.3) is 10.9 Å². The number of sulfone groups is 1. The van der Waals surface area contributed by atoms with E-state index in [0.29, 0.717) is 10.5 Å². The lowest BCUT2D eigenvalue weighted by molar-refractivity contribution is 0.592. The van der Waals surface area contributed by atoms with Gasteiger partial charge >= 0.3 is 0 Å². The first-order chi connectivity index (χ1) is 14.3. The van der Waals surface area contributed by atoms with Gasteiger partial charge in [-0.15, -0.1) is 0 Å². The summed E-state index contributed by atoms with van der Waals surface area (Å²) in [6.07, 6.45) is 1.22. The average Bonchev–Trinajstić information content (AvgIpc) is 2.70. The van der Waals surface area contributed by atoms with Crippen LogP contribution in [-0.4, -0.2) is 13.0 Å². The summed E-state index contributed by atoms with van der Waals surface area (Å²) in [4.78, 5) is 12.2. The molecule has 0 spiro atoms. The van der Waals surface area contributed by atoms with E-state index in [9.17, 15) is 22.0 Å². The Labute approximate surface area is 175 Å². The molecule has 3 aromatic carbocycles. The zero-order valence-corrected chi connectivity index (χ0v) is 16.9. The van der Waals surface area contributed by atoms with E-state index in [0.717, 1.165) is 35.9 Å². The van der Waals surface area contributed by atoms with E-state index in [4.69, 9.17) is 11.6 Å². The van der Waals surface area contributed by atoms with Crippen LogP contribution in [0.15, 0.2) is 87.5 Å². The zero-order valence-electron chi connectivity index (χ0n) is 15.3. The van der Waals surface area contributed by atoms with Crippen molar-refractivity contribution >= 4 is 32.3 Å². The van der Waals surface area contributed by atoms with Crippen LogP contribution in [0.5, 0.6) is 0 Å². The number of hydrogen-bond donors (Lipinski definition) is 0. The molecule has 0 saturated heterocycles. The molecule has 1 heterocycles. The first-order valence-electron chi connectivity index (χ1n) is 8.83. The SMILES string of the molecule is O=c1c(S(=O)(=O)c2ccc(F)cc2)cn(Cc2cccc(Cl)c2)c2ccc(F)cc12. The van der Waals surface area contributed by atoms with Crippen molar-refractivity contribution in [3.63, 3.8) is 0 Å². The van der Waals surface area contributed by atoms with Gasteiger partial charge in [-0.3, -0.25) is 4.79 Å². The van der Waals surface area contributed by atoms with Crippen LogP contribution in [-0.2, 0) is 16.4 Å². The van der Waals surface area contributed by atoms with Crippen LogP contribution in [0.2, 0.25) is 5.02 Å². The number of pyridine rings is 1. The van der Waals surface area contributed by atoms with E-state index in [1.165, 1.54) is 18.3 Å². The summed E-state index contributed by atoms with van der Waals surface area (Å²) in [5, 5.41) is 0.434. The highest BCUT2D eigenvalue weighted by Crippen LogP contribution is 2.23. The van der Waals surface area contributed by atoms with Crippen LogP contribution in [0.1, 0.15) is 5.56 Å². The standard InChI is InChI=1S/C22H14ClF2NO3S/c23-15-3-1-2-14(10-15)12-26-13-21(22(27)19-11-17(25)6-9-20(19)26)30(28,29)18-7-4-16(24)5-8-18/h1-11,13H,12H2. The summed E-state index contributed by atoms with van der Waals surface area (Å²) >= 11 is 6.04. The quantitative estimate of drug-likeness (QED) is 0.423. The molecule has 0 aliphatic heterocycles. The minimum atomic E-state index is -4.26. The molecule has 4 nitrogen and oxygen atoms in total. The lowest BCUT2D eigenvalue weighted by Gasteiger charge is -2.14. The Morgan fingerprint density at radius 1 is 0.900 bits per heavy atom. The number of aromatic nitrogens is 1. The molecular weight excluding hydrogens is 432 g/mol. The third kappa shape index (κ3) is 3.74. The molecule has 0 fully saturated rings. The zero-order chi connectivity index (χ0) is 21.5. The predicted molar refractivity (Wildman–Crippen MR) is 111 cm³/mol. The average molecular weight is 446 g/mol. The Hall–Kier alpha value is -3.03. The number of rotatable bonds is 4. The number of benzene rings is 3. The van der Waals surface area contributed by atoms with E-state index in [-0.39, 0.29) is 16.8 Å². The van der Waals surface area contributed by atoms with Gasteiger partial charge in [-0.05, 0) is 60.2 Å². The lowest BCUT2D eigenvalue weighted by Crippen LogP contribution is -2.20. The summed E-state index contributed by atoms with van der Waals surface area (Å²) in [6.45, 7) is 0.203. The monoisotopic (exact) mass is 445 g/mol. The Morgan fingerprint density at radius 3 is 2.30 bits per heavy atom.